The van der Waals surface area contributed by atoms with Crippen LogP contribution in [0.25, 0.3) is 0 Å². The molecule has 0 bridgehead atoms. The zero-order chi connectivity index (χ0) is 12.4. The highest BCUT2D eigenvalue weighted by Gasteiger charge is 2.41. The number of carbonyl (C=O) groups is 1. The monoisotopic (exact) mass is 251 g/mol. The Balaban J connectivity index is 2.74. The summed E-state index contributed by atoms with van der Waals surface area (Å²) in [6, 6.07) is 0. The fourth-order valence-electron chi connectivity index (χ4n) is 1.24. The van der Waals surface area contributed by atoms with Crippen molar-refractivity contribution in [3.8, 4) is 0 Å². The highest BCUT2D eigenvalue weighted by atomic mass is 32.2. The summed E-state index contributed by atoms with van der Waals surface area (Å²) in [4.78, 5) is 11.1. The van der Waals surface area contributed by atoms with Gasteiger partial charge in [0.25, 0.3) is 0 Å². The molecule has 0 unspecified atom stereocenters. The highest BCUT2D eigenvalue weighted by molar-refractivity contribution is 7.93. The minimum Gasteiger partial charge on any atom is -0.376 e. The second-order valence-electron chi connectivity index (χ2n) is 4.22. The quantitative estimate of drug-likeness (QED) is 0.697. The van der Waals surface area contributed by atoms with Crippen LogP contribution in [-0.4, -0.2) is 50.7 Å². The summed E-state index contributed by atoms with van der Waals surface area (Å²) in [7, 11) is -3.64. The fourth-order valence-corrected chi connectivity index (χ4v) is 2.64. The summed E-state index contributed by atoms with van der Waals surface area (Å²) in [5, 5.41) is 0. The maximum absolute atomic E-state index is 11.9. The number of ether oxygens (including phenoxy) is 2. The van der Waals surface area contributed by atoms with Crippen molar-refractivity contribution in [1.29, 1.82) is 0 Å². The van der Waals surface area contributed by atoms with Crippen molar-refractivity contribution >= 4 is 15.7 Å². The van der Waals surface area contributed by atoms with Crippen molar-refractivity contribution in [2.45, 2.75) is 24.7 Å². The van der Waals surface area contributed by atoms with Crippen molar-refractivity contribution in [2.75, 3.05) is 25.6 Å². The molecular weight excluding hydrogens is 234 g/mol. The van der Waals surface area contributed by atoms with E-state index >= 15 is 0 Å². The van der Waals surface area contributed by atoms with Crippen LogP contribution >= 0.6 is 0 Å². The lowest BCUT2D eigenvalue weighted by Gasteiger charge is -2.27. The Morgan fingerprint density at radius 3 is 2.50 bits per heavy atom. The van der Waals surface area contributed by atoms with E-state index in [0.29, 0.717) is 13.2 Å². The Hall–Kier alpha value is -0.660. The van der Waals surface area contributed by atoms with E-state index in [-0.39, 0.29) is 12.4 Å². The fraction of sp³-hybridized carbons (Fsp3) is 0.889. The van der Waals surface area contributed by atoms with Gasteiger partial charge >= 0.3 is 0 Å². The maximum Gasteiger partial charge on any atom is 0.238 e. The molecular formula is C9H17NO5S. The lowest BCUT2D eigenvalue weighted by Crippen LogP contribution is -2.49. The van der Waals surface area contributed by atoms with Crippen LogP contribution in [0.5, 0.6) is 0 Å². The minimum atomic E-state index is -3.64. The van der Waals surface area contributed by atoms with E-state index in [1.165, 1.54) is 13.8 Å². The number of rotatable bonds is 4. The van der Waals surface area contributed by atoms with E-state index in [0.717, 1.165) is 0 Å². The summed E-state index contributed by atoms with van der Waals surface area (Å²) in [6.07, 6.45) is -0.516. The molecule has 0 spiro atoms. The number of nitrogens with two attached hydrogens (primary N) is 1. The normalized spacial score (nSPS) is 23.0. The summed E-state index contributed by atoms with van der Waals surface area (Å²) in [6.45, 7) is 3.67. The molecule has 1 saturated heterocycles. The number of primary amides is 1. The molecule has 0 aromatic rings. The van der Waals surface area contributed by atoms with Gasteiger partial charge < -0.3 is 15.2 Å². The molecule has 0 aliphatic carbocycles. The first-order valence-corrected chi connectivity index (χ1v) is 6.64. The van der Waals surface area contributed by atoms with Crippen LogP contribution in [0.1, 0.15) is 13.8 Å². The van der Waals surface area contributed by atoms with E-state index in [4.69, 9.17) is 15.2 Å². The average molecular weight is 251 g/mol. The van der Waals surface area contributed by atoms with Gasteiger partial charge in [-0.1, -0.05) is 0 Å². The largest absolute Gasteiger partial charge is 0.376 e. The molecule has 0 aromatic heterocycles. The van der Waals surface area contributed by atoms with E-state index in [9.17, 15) is 13.2 Å². The number of amides is 1. The van der Waals surface area contributed by atoms with Crippen molar-refractivity contribution in [1.82, 2.24) is 0 Å². The van der Waals surface area contributed by atoms with Crippen molar-refractivity contribution in [3.05, 3.63) is 0 Å². The van der Waals surface area contributed by atoms with Gasteiger partial charge in [-0.15, -0.1) is 0 Å². The molecule has 7 heteroatoms. The first-order chi connectivity index (χ1) is 7.27. The molecule has 1 aliphatic heterocycles. The third-order valence-corrected chi connectivity index (χ3v) is 5.23. The lowest BCUT2D eigenvalue weighted by atomic mass is 10.2. The molecule has 0 radical (unpaired) electrons. The smallest absolute Gasteiger partial charge is 0.238 e. The Morgan fingerprint density at radius 2 is 2.06 bits per heavy atom. The molecule has 94 valence electrons. The van der Waals surface area contributed by atoms with Gasteiger partial charge in [0.15, 0.2) is 9.84 Å². The summed E-state index contributed by atoms with van der Waals surface area (Å²) in [5.74, 6) is -1.10. The molecule has 6 nitrogen and oxygen atoms in total. The Morgan fingerprint density at radius 1 is 1.44 bits per heavy atom. The van der Waals surface area contributed by atoms with Gasteiger partial charge in [-0.25, -0.2) is 8.42 Å². The number of carbonyl (C=O) groups excluding carboxylic acids is 1. The lowest BCUT2D eigenvalue weighted by molar-refractivity contribution is -0.119. The molecule has 0 saturated carbocycles. The average Bonchev–Trinajstić information content (AvgIpc) is 2.18. The van der Waals surface area contributed by atoms with Gasteiger partial charge in [0, 0.05) is 0 Å². The topological polar surface area (TPSA) is 95.7 Å². The van der Waals surface area contributed by atoms with Gasteiger partial charge in [0.2, 0.25) is 5.91 Å². The van der Waals surface area contributed by atoms with E-state index in [1.807, 2.05) is 0 Å². The first kappa shape index (κ1) is 13.4. The van der Waals surface area contributed by atoms with Crippen LogP contribution in [0.3, 0.4) is 0 Å². The van der Waals surface area contributed by atoms with Crippen LogP contribution in [0.2, 0.25) is 0 Å². The molecule has 1 aliphatic rings. The summed E-state index contributed by atoms with van der Waals surface area (Å²) < 4.78 is 32.6. The van der Waals surface area contributed by atoms with Crippen LogP contribution in [0, 0.1) is 0 Å². The molecule has 16 heavy (non-hydrogen) atoms. The zero-order valence-corrected chi connectivity index (χ0v) is 10.2. The summed E-state index contributed by atoms with van der Waals surface area (Å²) >= 11 is 0. The van der Waals surface area contributed by atoms with E-state index in [2.05, 4.69) is 0 Å². The molecule has 1 atom stereocenters. The number of hydrogen-bond acceptors (Lipinski definition) is 5. The van der Waals surface area contributed by atoms with E-state index < -0.39 is 26.6 Å². The van der Waals surface area contributed by atoms with Gasteiger partial charge in [-0.3, -0.25) is 4.79 Å². The standard InChI is InChI=1S/C9H17NO5S/c1-9(2,8(10)11)16(12,13)6-7-5-14-3-4-15-7/h7H,3-6H2,1-2H3,(H2,10,11)/t7-/m1/s1. The SMILES string of the molecule is CC(C)(C(N)=O)S(=O)(=O)C[C@H]1COCCO1. The zero-order valence-electron chi connectivity index (χ0n) is 9.43. The predicted octanol–water partition coefficient (Wildman–Crippen LogP) is -0.919. The molecule has 1 amide bonds. The number of hydrogen-bond donors (Lipinski definition) is 1. The second kappa shape index (κ2) is 4.68. The number of sulfone groups is 1. The molecule has 1 rings (SSSR count). The Bertz CT molecular complexity index is 356. The maximum atomic E-state index is 11.9. The third kappa shape index (κ3) is 2.72. The van der Waals surface area contributed by atoms with E-state index in [1.54, 1.807) is 0 Å². The summed E-state index contributed by atoms with van der Waals surface area (Å²) in [5.41, 5.74) is 5.07. The van der Waals surface area contributed by atoms with Gasteiger partial charge in [0.05, 0.1) is 31.7 Å². The van der Waals surface area contributed by atoms with Crippen LogP contribution < -0.4 is 5.73 Å². The Kier molecular flexibility index (Phi) is 3.92. The Labute approximate surface area is 95.0 Å². The molecule has 1 fully saturated rings. The molecule has 0 aromatic carbocycles. The van der Waals surface area contributed by atoms with Crippen molar-refractivity contribution < 1.29 is 22.7 Å². The van der Waals surface area contributed by atoms with Gasteiger partial charge in [0.1, 0.15) is 4.75 Å². The highest BCUT2D eigenvalue weighted by Crippen LogP contribution is 2.19. The minimum absolute atomic E-state index is 0.230. The first-order valence-electron chi connectivity index (χ1n) is 4.99. The van der Waals surface area contributed by atoms with Crippen molar-refractivity contribution in [2.24, 2.45) is 5.73 Å². The molecule has 2 N–H and O–H groups in total. The van der Waals surface area contributed by atoms with Crippen LogP contribution in [0.4, 0.5) is 0 Å². The van der Waals surface area contributed by atoms with Crippen molar-refractivity contribution in [3.63, 3.8) is 0 Å². The molecule has 1 heterocycles. The van der Waals surface area contributed by atoms with Gasteiger partial charge in [-0.2, -0.15) is 0 Å². The second-order valence-corrected chi connectivity index (χ2v) is 6.81. The van der Waals surface area contributed by atoms with Crippen LogP contribution in [-0.2, 0) is 24.1 Å². The third-order valence-electron chi connectivity index (χ3n) is 2.66. The predicted molar refractivity (Wildman–Crippen MR) is 57.6 cm³/mol. The van der Waals surface area contributed by atoms with Gasteiger partial charge in [-0.05, 0) is 13.8 Å². The van der Waals surface area contributed by atoms with Crippen LogP contribution in [0.15, 0.2) is 0 Å².